The number of rotatable bonds is 5. The first-order chi connectivity index (χ1) is 13.2. The molecule has 0 bridgehead atoms. The van der Waals surface area contributed by atoms with Gasteiger partial charge in [0.1, 0.15) is 11.4 Å². The van der Waals surface area contributed by atoms with Gasteiger partial charge in [-0.25, -0.2) is 14.8 Å². The summed E-state index contributed by atoms with van der Waals surface area (Å²) in [6, 6.07) is 1.93. The second-order valence-electron chi connectivity index (χ2n) is 7.98. The maximum Gasteiger partial charge on any atom is 0.410 e. The Morgan fingerprint density at radius 2 is 2.04 bits per heavy atom. The molecule has 0 aliphatic carbocycles. The predicted octanol–water partition coefficient (Wildman–Crippen LogP) is 3.98. The molecular formula is C20H30ClN5O2. The van der Waals surface area contributed by atoms with Crippen molar-refractivity contribution < 1.29 is 9.53 Å². The van der Waals surface area contributed by atoms with Crippen LogP contribution in [0.1, 0.15) is 58.7 Å². The van der Waals surface area contributed by atoms with E-state index in [9.17, 15) is 10.1 Å². The van der Waals surface area contributed by atoms with E-state index in [1.165, 1.54) is 0 Å². The van der Waals surface area contributed by atoms with Crippen molar-refractivity contribution in [3.05, 3.63) is 16.5 Å². The first kappa shape index (κ1) is 22.2. The van der Waals surface area contributed by atoms with E-state index < -0.39 is 5.60 Å². The second kappa shape index (κ2) is 9.42. The van der Waals surface area contributed by atoms with E-state index in [-0.39, 0.29) is 23.8 Å². The van der Waals surface area contributed by atoms with E-state index >= 15 is 0 Å². The SMILES string of the molecule is CCCc1c(CC)nc(Cl)nc1N1CCN(C(=O)OC(C)(C)C)C(CC#N)C1. The molecule has 1 fully saturated rings. The molecule has 154 valence electrons. The van der Waals surface area contributed by atoms with Gasteiger partial charge in [0.25, 0.3) is 0 Å². The van der Waals surface area contributed by atoms with Gasteiger partial charge in [-0.3, -0.25) is 0 Å². The summed E-state index contributed by atoms with van der Waals surface area (Å²) in [4.78, 5) is 25.3. The Balaban J connectivity index is 2.30. The van der Waals surface area contributed by atoms with Crippen LogP contribution in [0, 0.1) is 11.3 Å². The Hall–Kier alpha value is -2.07. The summed E-state index contributed by atoms with van der Waals surface area (Å²) in [7, 11) is 0. The third kappa shape index (κ3) is 5.48. The van der Waals surface area contributed by atoms with Gasteiger partial charge in [0.05, 0.1) is 24.2 Å². The second-order valence-corrected chi connectivity index (χ2v) is 8.32. The highest BCUT2D eigenvalue weighted by atomic mass is 35.5. The lowest BCUT2D eigenvalue weighted by Crippen LogP contribution is -2.56. The van der Waals surface area contributed by atoms with Crippen molar-refractivity contribution in [3.8, 4) is 6.07 Å². The van der Waals surface area contributed by atoms with Crippen LogP contribution in [0.15, 0.2) is 0 Å². The predicted molar refractivity (Wildman–Crippen MR) is 110 cm³/mol. The lowest BCUT2D eigenvalue weighted by Gasteiger charge is -2.42. The van der Waals surface area contributed by atoms with E-state index in [0.717, 1.165) is 36.3 Å². The number of hydrogen-bond acceptors (Lipinski definition) is 6. The zero-order valence-electron chi connectivity index (χ0n) is 17.5. The van der Waals surface area contributed by atoms with Crippen LogP contribution in [-0.2, 0) is 17.6 Å². The molecule has 1 aromatic rings. The molecule has 8 heteroatoms. The molecule has 1 unspecified atom stereocenters. The van der Waals surface area contributed by atoms with Crippen LogP contribution in [0.25, 0.3) is 0 Å². The van der Waals surface area contributed by atoms with Crippen LogP contribution in [-0.4, -0.2) is 52.2 Å². The fraction of sp³-hybridized carbons (Fsp3) is 0.700. The summed E-state index contributed by atoms with van der Waals surface area (Å²) in [6.45, 7) is 11.3. The normalized spacial score (nSPS) is 17.4. The monoisotopic (exact) mass is 407 g/mol. The van der Waals surface area contributed by atoms with Crippen molar-refractivity contribution in [2.45, 2.75) is 71.9 Å². The fourth-order valence-corrected chi connectivity index (χ4v) is 3.62. The summed E-state index contributed by atoms with van der Waals surface area (Å²) in [5, 5.41) is 9.51. The molecule has 1 aromatic heterocycles. The lowest BCUT2D eigenvalue weighted by atomic mass is 10.0. The summed E-state index contributed by atoms with van der Waals surface area (Å²) < 4.78 is 5.52. The number of carbonyl (C=O) groups excluding carboxylic acids is 1. The van der Waals surface area contributed by atoms with Gasteiger partial charge >= 0.3 is 6.09 Å². The van der Waals surface area contributed by atoms with Gasteiger partial charge in [0.2, 0.25) is 5.28 Å². The molecule has 0 N–H and O–H groups in total. The van der Waals surface area contributed by atoms with Crippen LogP contribution in [0.5, 0.6) is 0 Å². The van der Waals surface area contributed by atoms with E-state index in [2.05, 4.69) is 34.8 Å². The van der Waals surface area contributed by atoms with Crippen LogP contribution in [0.2, 0.25) is 5.28 Å². The van der Waals surface area contributed by atoms with Gasteiger partial charge in [-0.15, -0.1) is 0 Å². The number of hydrogen-bond donors (Lipinski definition) is 0. The molecule has 1 amide bonds. The smallest absolute Gasteiger partial charge is 0.410 e. The maximum absolute atomic E-state index is 12.6. The first-order valence-corrected chi connectivity index (χ1v) is 10.2. The summed E-state index contributed by atoms with van der Waals surface area (Å²) in [5.41, 5.74) is 1.50. The van der Waals surface area contributed by atoms with Gasteiger partial charge < -0.3 is 14.5 Å². The Labute approximate surface area is 172 Å². The van der Waals surface area contributed by atoms with Gasteiger partial charge in [-0.1, -0.05) is 20.3 Å². The number of nitriles is 1. The van der Waals surface area contributed by atoms with E-state index in [0.29, 0.717) is 19.6 Å². The number of ether oxygens (including phenoxy) is 1. The third-order valence-electron chi connectivity index (χ3n) is 4.62. The average molecular weight is 408 g/mol. The Bertz CT molecular complexity index is 741. The fourth-order valence-electron chi connectivity index (χ4n) is 3.44. The number of halogens is 1. The number of aryl methyl sites for hydroxylation is 1. The number of anilines is 1. The van der Waals surface area contributed by atoms with E-state index in [1.807, 2.05) is 20.8 Å². The van der Waals surface area contributed by atoms with Crippen LogP contribution >= 0.6 is 11.6 Å². The van der Waals surface area contributed by atoms with Crippen LogP contribution < -0.4 is 4.90 Å². The molecule has 0 radical (unpaired) electrons. The molecule has 1 atom stereocenters. The minimum absolute atomic E-state index is 0.234. The minimum atomic E-state index is -0.573. The van der Waals surface area contributed by atoms with Gasteiger partial charge in [-0.05, 0) is 45.2 Å². The van der Waals surface area contributed by atoms with Crippen LogP contribution in [0.3, 0.4) is 0 Å². The minimum Gasteiger partial charge on any atom is -0.444 e. The number of nitrogens with zero attached hydrogens (tertiary/aromatic N) is 5. The highest BCUT2D eigenvalue weighted by molar-refractivity contribution is 6.28. The molecule has 0 aromatic carbocycles. The number of carbonyl (C=O) groups is 1. The van der Waals surface area contributed by atoms with Crippen LogP contribution in [0.4, 0.5) is 10.6 Å². The Morgan fingerprint density at radius 1 is 1.32 bits per heavy atom. The number of aromatic nitrogens is 2. The summed E-state index contributed by atoms with van der Waals surface area (Å²) in [6.07, 6.45) is 2.48. The third-order valence-corrected chi connectivity index (χ3v) is 4.78. The molecule has 1 saturated heterocycles. The number of amides is 1. The zero-order valence-corrected chi connectivity index (χ0v) is 18.2. The zero-order chi connectivity index (χ0) is 20.9. The van der Waals surface area contributed by atoms with Crippen molar-refractivity contribution in [1.29, 1.82) is 5.26 Å². The standard InChI is InChI=1S/C20H30ClN5O2/c1-6-8-15-16(7-2)23-18(21)24-17(15)25-11-12-26(14(13-25)9-10-22)19(27)28-20(3,4)5/h14H,6-9,11-13H2,1-5H3. The van der Waals surface area contributed by atoms with Gasteiger partial charge in [0, 0.05) is 25.2 Å². The lowest BCUT2D eigenvalue weighted by molar-refractivity contribution is 0.0145. The average Bonchev–Trinajstić information content (AvgIpc) is 2.61. The van der Waals surface area contributed by atoms with Crippen molar-refractivity contribution in [2.75, 3.05) is 24.5 Å². The van der Waals surface area contributed by atoms with Gasteiger partial charge in [0.15, 0.2) is 0 Å². The Kier molecular flexibility index (Phi) is 7.48. The quantitative estimate of drug-likeness (QED) is 0.686. The molecule has 7 nitrogen and oxygen atoms in total. The largest absolute Gasteiger partial charge is 0.444 e. The molecule has 0 spiro atoms. The number of piperazine rings is 1. The van der Waals surface area contributed by atoms with E-state index in [4.69, 9.17) is 16.3 Å². The topological polar surface area (TPSA) is 82.3 Å². The van der Waals surface area contributed by atoms with E-state index in [1.54, 1.807) is 4.90 Å². The molecule has 2 heterocycles. The highest BCUT2D eigenvalue weighted by Crippen LogP contribution is 2.28. The summed E-state index contributed by atoms with van der Waals surface area (Å²) >= 11 is 6.18. The first-order valence-electron chi connectivity index (χ1n) is 9.86. The van der Waals surface area contributed by atoms with Crippen molar-refractivity contribution in [3.63, 3.8) is 0 Å². The van der Waals surface area contributed by atoms with Crippen molar-refractivity contribution >= 4 is 23.5 Å². The molecule has 2 rings (SSSR count). The Morgan fingerprint density at radius 3 is 2.61 bits per heavy atom. The molecule has 1 aliphatic heterocycles. The van der Waals surface area contributed by atoms with Crippen molar-refractivity contribution in [2.24, 2.45) is 0 Å². The summed E-state index contributed by atoms with van der Waals surface area (Å²) in [5.74, 6) is 0.825. The molecule has 0 saturated carbocycles. The maximum atomic E-state index is 12.6. The highest BCUT2D eigenvalue weighted by Gasteiger charge is 2.34. The molecule has 28 heavy (non-hydrogen) atoms. The molecular weight excluding hydrogens is 378 g/mol. The van der Waals surface area contributed by atoms with Gasteiger partial charge in [-0.2, -0.15) is 5.26 Å². The molecule has 1 aliphatic rings. The van der Waals surface area contributed by atoms with Crippen molar-refractivity contribution in [1.82, 2.24) is 14.9 Å².